The van der Waals surface area contributed by atoms with Crippen molar-refractivity contribution in [3.8, 4) is 0 Å². The van der Waals surface area contributed by atoms with Gasteiger partial charge in [0, 0.05) is 13.5 Å². The monoisotopic (exact) mass is 519 g/mol. The molecule has 1 amide bonds. The number of methoxy groups -OCH3 is 1. The SMILES string of the molecule is CCCCC/C=C/C/C=C\CCCC(=O)N[C@@H](CO)[C@@H](/C=C/CCCCCCCCCCCCC)OC. The van der Waals surface area contributed by atoms with Gasteiger partial charge in [0.1, 0.15) is 0 Å². The molecule has 0 aromatic heterocycles. The molecule has 2 atom stereocenters. The minimum atomic E-state index is -0.403. The molecule has 0 saturated carbocycles. The van der Waals surface area contributed by atoms with E-state index in [1.165, 1.54) is 96.3 Å². The van der Waals surface area contributed by atoms with Crippen molar-refractivity contribution in [2.24, 2.45) is 0 Å². The Morgan fingerprint density at radius 3 is 1.76 bits per heavy atom. The number of carbonyl (C=O) groups excluding carboxylic acids is 1. The Kier molecular flexibility index (Phi) is 28.1. The second kappa shape index (κ2) is 29.2. The highest BCUT2D eigenvalue weighted by molar-refractivity contribution is 5.76. The first-order valence-corrected chi connectivity index (χ1v) is 15.6. The number of aliphatic hydroxyl groups is 1. The zero-order chi connectivity index (χ0) is 27.2. The standard InChI is InChI=1S/C33H61NO3/c1-4-6-8-10-12-14-16-17-19-20-22-24-26-28-32(37-3)31(30-35)34-33(36)29-27-25-23-21-18-15-13-11-9-7-5-2/h13,15,21,23,26,28,31-32,35H,4-12,14,16-20,22,24-25,27,29-30H2,1-3H3,(H,34,36)/b15-13+,23-21-,28-26+/t31-,32+/m0/s1. The molecule has 2 N–H and O–H groups in total. The summed E-state index contributed by atoms with van der Waals surface area (Å²) in [5, 5.41) is 12.7. The number of allylic oxidation sites excluding steroid dienone is 5. The van der Waals surface area contributed by atoms with Gasteiger partial charge in [-0.2, -0.15) is 0 Å². The highest BCUT2D eigenvalue weighted by Crippen LogP contribution is 2.12. The van der Waals surface area contributed by atoms with Crippen LogP contribution in [-0.4, -0.2) is 36.9 Å². The van der Waals surface area contributed by atoms with E-state index in [1.807, 2.05) is 6.08 Å². The number of hydrogen-bond acceptors (Lipinski definition) is 3. The van der Waals surface area contributed by atoms with Gasteiger partial charge in [0.05, 0.1) is 18.8 Å². The summed E-state index contributed by atoms with van der Waals surface area (Å²) in [6.07, 6.45) is 36.6. The van der Waals surface area contributed by atoms with Gasteiger partial charge in [0.2, 0.25) is 5.91 Å². The number of hydrogen-bond donors (Lipinski definition) is 2. The predicted octanol–water partition coefficient (Wildman–Crippen LogP) is 8.99. The number of amides is 1. The predicted molar refractivity (Wildman–Crippen MR) is 161 cm³/mol. The van der Waals surface area contributed by atoms with Crippen molar-refractivity contribution in [2.75, 3.05) is 13.7 Å². The summed E-state index contributed by atoms with van der Waals surface area (Å²) in [6.45, 7) is 4.37. The lowest BCUT2D eigenvalue weighted by Crippen LogP contribution is -2.45. The molecule has 0 fully saturated rings. The number of rotatable bonds is 27. The van der Waals surface area contributed by atoms with Gasteiger partial charge >= 0.3 is 0 Å². The Morgan fingerprint density at radius 1 is 0.703 bits per heavy atom. The largest absolute Gasteiger partial charge is 0.394 e. The van der Waals surface area contributed by atoms with Crippen LogP contribution in [0.1, 0.15) is 142 Å². The van der Waals surface area contributed by atoms with Crippen LogP contribution >= 0.6 is 0 Å². The summed E-state index contributed by atoms with van der Waals surface area (Å²) < 4.78 is 5.54. The third-order valence-corrected chi connectivity index (χ3v) is 6.87. The minimum Gasteiger partial charge on any atom is -0.394 e. The van der Waals surface area contributed by atoms with Gasteiger partial charge in [-0.15, -0.1) is 0 Å². The zero-order valence-corrected chi connectivity index (χ0v) is 24.7. The number of nitrogens with one attached hydrogen (secondary N) is 1. The van der Waals surface area contributed by atoms with Crippen LogP contribution in [-0.2, 0) is 9.53 Å². The van der Waals surface area contributed by atoms with Gasteiger partial charge < -0.3 is 15.2 Å². The van der Waals surface area contributed by atoms with E-state index >= 15 is 0 Å². The smallest absolute Gasteiger partial charge is 0.220 e. The third-order valence-electron chi connectivity index (χ3n) is 6.87. The van der Waals surface area contributed by atoms with E-state index in [1.54, 1.807) is 7.11 Å². The molecule has 0 unspecified atom stereocenters. The quantitative estimate of drug-likeness (QED) is 0.0841. The highest BCUT2D eigenvalue weighted by atomic mass is 16.5. The Balaban J connectivity index is 3.92. The summed E-state index contributed by atoms with van der Waals surface area (Å²) in [5.74, 6) is -0.0240. The summed E-state index contributed by atoms with van der Waals surface area (Å²) in [7, 11) is 1.63. The molecule has 216 valence electrons. The average molecular weight is 520 g/mol. The number of unbranched alkanes of at least 4 members (excludes halogenated alkanes) is 15. The number of aliphatic hydroxyl groups excluding tert-OH is 1. The maximum absolute atomic E-state index is 12.3. The first-order valence-electron chi connectivity index (χ1n) is 15.6. The van der Waals surface area contributed by atoms with Crippen molar-refractivity contribution < 1.29 is 14.6 Å². The second-order valence-electron chi connectivity index (χ2n) is 10.4. The first kappa shape index (κ1) is 35.6. The van der Waals surface area contributed by atoms with Crippen LogP contribution in [0, 0.1) is 0 Å². The molecule has 0 radical (unpaired) electrons. The van der Waals surface area contributed by atoms with Crippen LogP contribution in [0.5, 0.6) is 0 Å². The zero-order valence-electron chi connectivity index (χ0n) is 24.7. The molecule has 0 rings (SSSR count). The molecule has 0 heterocycles. The van der Waals surface area contributed by atoms with Crippen molar-refractivity contribution in [2.45, 2.75) is 154 Å². The van der Waals surface area contributed by atoms with Crippen molar-refractivity contribution in [3.05, 3.63) is 36.5 Å². The minimum absolute atomic E-state index is 0.0240. The third kappa shape index (κ3) is 24.7. The molecule has 4 heteroatoms. The molecule has 4 nitrogen and oxygen atoms in total. The molecule has 37 heavy (non-hydrogen) atoms. The molecule has 0 spiro atoms. The molecule has 0 aliphatic carbocycles. The molecular formula is C33H61NO3. The maximum Gasteiger partial charge on any atom is 0.220 e. The summed E-state index contributed by atoms with van der Waals surface area (Å²) in [4.78, 5) is 12.3. The van der Waals surface area contributed by atoms with Gasteiger partial charge in [0.15, 0.2) is 0 Å². The molecule has 0 aromatic carbocycles. The van der Waals surface area contributed by atoms with Gasteiger partial charge in [0.25, 0.3) is 0 Å². The van der Waals surface area contributed by atoms with Crippen LogP contribution in [0.15, 0.2) is 36.5 Å². The van der Waals surface area contributed by atoms with Crippen LogP contribution in [0.25, 0.3) is 0 Å². The fourth-order valence-electron chi connectivity index (χ4n) is 4.44. The summed E-state index contributed by atoms with van der Waals surface area (Å²) in [6, 6.07) is -0.403. The van der Waals surface area contributed by atoms with Crippen molar-refractivity contribution >= 4 is 5.91 Å². The Morgan fingerprint density at radius 2 is 1.19 bits per heavy atom. The molecule has 0 saturated heterocycles. The second-order valence-corrected chi connectivity index (χ2v) is 10.4. The summed E-state index contributed by atoms with van der Waals surface area (Å²) >= 11 is 0. The molecule has 0 bridgehead atoms. The van der Waals surface area contributed by atoms with E-state index in [9.17, 15) is 9.90 Å². The van der Waals surface area contributed by atoms with Gasteiger partial charge in [-0.1, -0.05) is 127 Å². The fraction of sp³-hybridized carbons (Fsp3) is 0.788. The van der Waals surface area contributed by atoms with Gasteiger partial charge in [-0.05, 0) is 44.9 Å². The van der Waals surface area contributed by atoms with Crippen LogP contribution < -0.4 is 5.32 Å². The molecule has 0 aliphatic heterocycles. The maximum atomic E-state index is 12.3. The number of ether oxygens (including phenoxy) is 1. The van der Waals surface area contributed by atoms with Crippen molar-refractivity contribution in [3.63, 3.8) is 0 Å². The average Bonchev–Trinajstić information content (AvgIpc) is 2.91. The van der Waals surface area contributed by atoms with Gasteiger partial charge in [-0.3, -0.25) is 4.79 Å². The van der Waals surface area contributed by atoms with E-state index in [2.05, 4.69) is 49.5 Å². The van der Waals surface area contributed by atoms with Crippen LogP contribution in [0.4, 0.5) is 0 Å². The van der Waals surface area contributed by atoms with E-state index in [-0.39, 0.29) is 18.6 Å². The summed E-state index contributed by atoms with van der Waals surface area (Å²) in [5.41, 5.74) is 0. The van der Waals surface area contributed by atoms with E-state index in [0.717, 1.165) is 25.7 Å². The lowest BCUT2D eigenvalue weighted by molar-refractivity contribution is -0.123. The Labute approximate surface area is 230 Å². The fourth-order valence-corrected chi connectivity index (χ4v) is 4.44. The van der Waals surface area contributed by atoms with E-state index in [0.29, 0.717) is 6.42 Å². The van der Waals surface area contributed by atoms with Crippen LogP contribution in [0.3, 0.4) is 0 Å². The lowest BCUT2D eigenvalue weighted by Gasteiger charge is -2.23. The highest BCUT2D eigenvalue weighted by Gasteiger charge is 2.19. The topological polar surface area (TPSA) is 58.6 Å². The van der Waals surface area contributed by atoms with Crippen LogP contribution in [0.2, 0.25) is 0 Å². The molecular weight excluding hydrogens is 458 g/mol. The Bertz CT molecular complexity index is 570. The first-order chi connectivity index (χ1) is 18.2. The van der Waals surface area contributed by atoms with E-state index < -0.39 is 6.04 Å². The van der Waals surface area contributed by atoms with Crippen molar-refractivity contribution in [1.29, 1.82) is 0 Å². The van der Waals surface area contributed by atoms with Gasteiger partial charge in [-0.25, -0.2) is 0 Å². The number of carbonyl (C=O) groups is 1. The molecule has 0 aliphatic rings. The van der Waals surface area contributed by atoms with E-state index in [4.69, 9.17) is 4.74 Å². The normalized spacial score (nSPS) is 13.7. The Hall–Kier alpha value is -1.39. The lowest BCUT2D eigenvalue weighted by atomic mass is 10.0. The van der Waals surface area contributed by atoms with Crippen molar-refractivity contribution in [1.82, 2.24) is 5.32 Å². The molecule has 0 aromatic rings.